The molecule has 1 N–H and O–H groups in total. The largest absolute Gasteiger partial charge is 0.507 e. The second-order valence-corrected chi connectivity index (χ2v) is 4.59. The van der Waals surface area contributed by atoms with Crippen LogP contribution in [-0.4, -0.2) is 17.3 Å². The Kier molecular flexibility index (Phi) is 2.97. The van der Waals surface area contributed by atoms with Gasteiger partial charge < -0.3 is 14.6 Å². The summed E-state index contributed by atoms with van der Waals surface area (Å²) in [7, 11) is 0. The van der Waals surface area contributed by atoms with E-state index in [1.54, 1.807) is 0 Å². The number of alkyl halides is 4. The summed E-state index contributed by atoms with van der Waals surface area (Å²) in [5.74, 6) is -1.08. The van der Waals surface area contributed by atoms with Gasteiger partial charge in [0.1, 0.15) is 0 Å². The molecule has 0 amide bonds. The molecule has 1 heterocycles. The molecule has 8 heteroatoms. The minimum absolute atomic E-state index is 0.221. The van der Waals surface area contributed by atoms with Crippen molar-refractivity contribution in [3.63, 3.8) is 0 Å². The van der Waals surface area contributed by atoms with Gasteiger partial charge in [-0.05, 0) is 24.6 Å². The van der Waals surface area contributed by atoms with Gasteiger partial charge in [-0.25, -0.2) is 0 Å². The van der Waals surface area contributed by atoms with E-state index in [1.807, 2.05) is 0 Å². The normalized spacial score (nSPS) is 21.5. The van der Waals surface area contributed by atoms with E-state index < -0.39 is 29.8 Å². The zero-order valence-electron chi connectivity index (χ0n) is 8.89. The Morgan fingerprint density at radius 2 is 1.56 bits per heavy atom. The lowest BCUT2D eigenvalue weighted by atomic mass is 10.1. The van der Waals surface area contributed by atoms with Crippen molar-refractivity contribution in [2.45, 2.75) is 25.2 Å². The molecule has 2 rings (SSSR count). The molecule has 0 fully saturated rings. The average Bonchev–Trinajstić information content (AvgIpc) is 2.18. The monoisotopic (exact) mass is 330 g/mol. The first-order chi connectivity index (χ1) is 8.14. The first-order valence-electron chi connectivity index (χ1n) is 4.79. The van der Waals surface area contributed by atoms with Gasteiger partial charge in [-0.2, -0.15) is 17.6 Å². The van der Waals surface area contributed by atoms with Crippen LogP contribution < -0.4 is 9.47 Å². The van der Waals surface area contributed by atoms with Gasteiger partial charge in [-0.15, -0.1) is 0 Å². The third kappa shape index (κ3) is 2.03. The molecular formula is C10H7BrF4O3. The number of hydrogen-bond acceptors (Lipinski definition) is 3. The molecule has 1 aromatic rings. The number of hydrogen-bond donors (Lipinski definition) is 1. The maximum atomic E-state index is 12.9. The number of halogens is 5. The van der Waals surface area contributed by atoms with Gasteiger partial charge in [0.05, 0.1) is 6.10 Å². The molecule has 0 saturated heterocycles. The Bertz CT molecular complexity index is 490. The second kappa shape index (κ2) is 3.99. The maximum absolute atomic E-state index is 12.9. The van der Waals surface area contributed by atoms with E-state index in [2.05, 4.69) is 25.4 Å². The summed E-state index contributed by atoms with van der Waals surface area (Å²) >= 11 is 3.01. The van der Waals surface area contributed by atoms with Crippen LogP contribution in [-0.2, 0) is 0 Å². The Balaban J connectivity index is 2.51. The van der Waals surface area contributed by atoms with E-state index >= 15 is 0 Å². The topological polar surface area (TPSA) is 38.7 Å². The zero-order valence-corrected chi connectivity index (χ0v) is 10.5. The van der Waals surface area contributed by atoms with Gasteiger partial charge >= 0.3 is 12.2 Å². The highest BCUT2D eigenvalue weighted by molar-refractivity contribution is 9.10. The van der Waals surface area contributed by atoms with Crippen LogP contribution in [0, 0.1) is 0 Å². The average molecular weight is 331 g/mol. The lowest BCUT2D eigenvalue weighted by molar-refractivity contribution is -0.391. The van der Waals surface area contributed by atoms with E-state index in [-0.39, 0.29) is 10.0 Å². The van der Waals surface area contributed by atoms with Gasteiger partial charge in [-0.1, -0.05) is 15.9 Å². The highest BCUT2D eigenvalue weighted by atomic mass is 79.9. The zero-order chi connectivity index (χ0) is 13.7. The predicted octanol–water partition coefficient (Wildman–Crippen LogP) is 3.46. The Morgan fingerprint density at radius 3 is 2.00 bits per heavy atom. The van der Waals surface area contributed by atoms with Crippen LogP contribution in [0.4, 0.5) is 17.6 Å². The summed E-state index contributed by atoms with van der Waals surface area (Å²) in [6, 6.07) is 2.06. The van der Waals surface area contributed by atoms with E-state index in [4.69, 9.17) is 0 Å². The van der Waals surface area contributed by atoms with Crippen LogP contribution in [0.5, 0.6) is 11.5 Å². The quantitative estimate of drug-likeness (QED) is 0.801. The molecular weight excluding hydrogens is 324 g/mol. The predicted molar refractivity (Wildman–Crippen MR) is 55.9 cm³/mol. The van der Waals surface area contributed by atoms with Crippen molar-refractivity contribution in [1.29, 1.82) is 0 Å². The van der Waals surface area contributed by atoms with Gasteiger partial charge in [0.2, 0.25) is 0 Å². The van der Waals surface area contributed by atoms with Crippen LogP contribution in [0.15, 0.2) is 16.6 Å². The first kappa shape index (κ1) is 13.4. The molecule has 1 aliphatic rings. The Labute approximate surface area is 107 Å². The van der Waals surface area contributed by atoms with Gasteiger partial charge in [-0.3, -0.25) is 0 Å². The molecule has 0 aromatic heterocycles. The number of aliphatic hydroxyl groups is 1. The molecule has 1 atom stereocenters. The van der Waals surface area contributed by atoms with Crippen molar-refractivity contribution in [3.8, 4) is 11.5 Å². The van der Waals surface area contributed by atoms with Crippen LogP contribution in [0.1, 0.15) is 18.6 Å². The lowest BCUT2D eigenvalue weighted by Gasteiger charge is -2.32. The molecule has 1 aliphatic heterocycles. The standard InChI is InChI=1S/C10H7BrF4O3/c1-4(16)5-2-7-8(3-6(5)11)18-10(14,15)9(12,13)17-7/h2-4,16H,1H3. The van der Waals surface area contributed by atoms with Gasteiger partial charge in [0.25, 0.3) is 0 Å². The Hall–Kier alpha value is -1.02. The molecule has 3 nitrogen and oxygen atoms in total. The number of benzene rings is 1. The smallest absolute Gasteiger partial charge is 0.421 e. The third-order valence-electron chi connectivity index (χ3n) is 2.33. The minimum Gasteiger partial charge on any atom is -0.421 e. The molecule has 18 heavy (non-hydrogen) atoms. The minimum atomic E-state index is -4.76. The van der Waals surface area contributed by atoms with Crippen molar-refractivity contribution in [2.75, 3.05) is 0 Å². The number of rotatable bonds is 1. The molecule has 0 aliphatic carbocycles. The van der Waals surface area contributed by atoms with Gasteiger partial charge in [0, 0.05) is 4.47 Å². The molecule has 0 spiro atoms. The number of fused-ring (bicyclic) bond motifs is 1. The highest BCUT2D eigenvalue weighted by Gasteiger charge is 2.66. The summed E-state index contributed by atoms with van der Waals surface area (Å²) in [5, 5.41) is 9.38. The van der Waals surface area contributed by atoms with E-state index in [0.29, 0.717) is 0 Å². The summed E-state index contributed by atoms with van der Waals surface area (Å²) in [6.07, 6.45) is -10.5. The molecule has 100 valence electrons. The van der Waals surface area contributed by atoms with Gasteiger partial charge in [0.15, 0.2) is 11.5 Å². The second-order valence-electron chi connectivity index (χ2n) is 3.73. The van der Waals surface area contributed by atoms with Crippen LogP contribution in [0.25, 0.3) is 0 Å². The fourth-order valence-corrected chi connectivity index (χ4v) is 2.08. The summed E-state index contributed by atoms with van der Waals surface area (Å²) in [5.41, 5.74) is 0.221. The van der Waals surface area contributed by atoms with Crippen molar-refractivity contribution < 1.29 is 32.1 Å². The van der Waals surface area contributed by atoms with Crippen LogP contribution in [0.3, 0.4) is 0 Å². The first-order valence-corrected chi connectivity index (χ1v) is 5.58. The van der Waals surface area contributed by atoms with E-state index in [9.17, 15) is 22.7 Å². The van der Waals surface area contributed by atoms with Crippen LogP contribution in [0.2, 0.25) is 0 Å². The van der Waals surface area contributed by atoms with Crippen LogP contribution >= 0.6 is 15.9 Å². The fourth-order valence-electron chi connectivity index (χ4n) is 1.43. The number of aliphatic hydroxyl groups excluding tert-OH is 1. The fraction of sp³-hybridized carbons (Fsp3) is 0.400. The molecule has 0 bridgehead atoms. The molecule has 1 unspecified atom stereocenters. The summed E-state index contributed by atoms with van der Waals surface area (Å²) in [6.45, 7) is 1.39. The van der Waals surface area contributed by atoms with E-state index in [0.717, 1.165) is 12.1 Å². The highest BCUT2D eigenvalue weighted by Crippen LogP contribution is 2.48. The Morgan fingerprint density at radius 1 is 1.11 bits per heavy atom. The molecule has 0 radical (unpaired) electrons. The lowest BCUT2D eigenvalue weighted by Crippen LogP contribution is -2.52. The van der Waals surface area contributed by atoms with Crippen molar-refractivity contribution in [3.05, 3.63) is 22.2 Å². The maximum Gasteiger partial charge on any atom is 0.507 e. The molecule has 1 aromatic carbocycles. The van der Waals surface area contributed by atoms with Crippen molar-refractivity contribution in [2.24, 2.45) is 0 Å². The van der Waals surface area contributed by atoms with Crippen molar-refractivity contribution in [1.82, 2.24) is 0 Å². The summed E-state index contributed by atoms with van der Waals surface area (Å²) in [4.78, 5) is 0. The van der Waals surface area contributed by atoms with E-state index in [1.165, 1.54) is 6.92 Å². The summed E-state index contributed by atoms with van der Waals surface area (Å²) < 4.78 is 59.7. The SMILES string of the molecule is CC(O)c1cc2c(cc1Br)OC(F)(F)C(F)(F)O2. The van der Waals surface area contributed by atoms with Crippen molar-refractivity contribution >= 4 is 15.9 Å². The molecule has 0 saturated carbocycles. The number of ether oxygens (including phenoxy) is 2. The third-order valence-corrected chi connectivity index (χ3v) is 3.01.